The first-order valence-electron chi connectivity index (χ1n) is 8.23. The molecule has 0 aliphatic carbocycles. The lowest BCUT2D eigenvalue weighted by molar-refractivity contribution is 0.0728. The third kappa shape index (κ3) is 2.84. The van der Waals surface area contributed by atoms with Crippen molar-refractivity contribution in [2.75, 3.05) is 6.54 Å². The minimum Gasteiger partial charge on any atom is -0.361 e. The van der Waals surface area contributed by atoms with Gasteiger partial charge >= 0.3 is 0 Å². The number of nitrogens with zero attached hydrogens (tertiary/aromatic N) is 4. The quantitative estimate of drug-likeness (QED) is 0.715. The normalized spacial score (nSPS) is 17.2. The van der Waals surface area contributed by atoms with Crippen LogP contribution >= 0.6 is 11.3 Å². The van der Waals surface area contributed by atoms with Crippen LogP contribution in [0.2, 0.25) is 0 Å². The number of hydrogen-bond donors (Lipinski definition) is 0. The second kappa shape index (κ2) is 6.40. The maximum Gasteiger partial charge on any atom is 0.273 e. The summed E-state index contributed by atoms with van der Waals surface area (Å²) in [6, 6.07) is 4.03. The van der Waals surface area contributed by atoms with E-state index in [-0.39, 0.29) is 11.9 Å². The van der Waals surface area contributed by atoms with Crippen molar-refractivity contribution in [3.05, 3.63) is 52.1 Å². The van der Waals surface area contributed by atoms with Crippen LogP contribution in [0.1, 0.15) is 46.5 Å². The highest BCUT2D eigenvalue weighted by Gasteiger charge is 2.32. The Balaban J connectivity index is 1.60. The van der Waals surface area contributed by atoms with Gasteiger partial charge in [-0.25, -0.2) is 4.98 Å². The van der Waals surface area contributed by atoms with Gasteiger partial charge in [0.1, 0.15) is 11.5 Å². The molecule has 1 atom stereocenters. The van der Waals surface area contributed by atoms with E-state index in [2.05, 4.69) is 15.1 Å². The Kier molecular flexibility index (Phi) is 4.09. The number of carbonyl (C=O) groups is 1. The fourth-order valence-electron chi connectivity index (χ4n) is 3.43. The Labute approximate surface area is 149 Å². The van der Waals surface area contributed by atoms with Gasteiger partial charge < -0.3 is 9.42 Å². The summed E-state index contributed by atoms with van der Waals surface area (Å²) in [5.41, 5.74) is 5.94. The van der Waals surface area contributed by atoms with E-state index in [0.717, 1.165) is 47.7 Å². The smallest absolute Gasteiger partial charge is 0.273 e. The highest BCUT2D eigenvalue weighted by Crippen LogP contribution is 2.33. The Hall–Kier alpha value is -2.54. The molecule has 0 spiro atoms. The van der Waals surface area contributed by atoms with Crippen molar-refractivity contribution in [1.82, 2.24) is 20.0 Å². The molecule has 0 N–H and O–H groups in total. The first kappa shape index (κ1) is 16.0. The van der Waals surface area contributed by atoms with Crippen molar-refractivity contribution in [1.29, 1.82) is 0 Å². The first-order chi connectivity index (χ1) is 12.1. The molecular weight excluding hydrogens is 336 g/mol. The zero-order valence-electron chi connectivity index (χ0n) is 14.1. The lowest BCUT2D eigenvalue weighted by atomic mass is 10.0. The third-order valence-electron chi connectivity index (χ3n) is 4.61. The van der Waals surface area contributed by atoms with E-state index in [4.69, 9.17) is 4.52 Å². The number of thiazole rings is 1. The third-order valence-corrected chi connectivity index (χ3v) is 5.20. The van der Waals surface area contributed by atoms with E-state index in [0.29, 0.717) is 5.69 Å². The van der Waals surface area contributed by atoms with Crippen LogP contribution in [0.15, 0.2) is 33.7 Å². The van der Waals surface area contributed by atoms with Gasteiger partial charge in [-0.15, -0.1) is 11.3 Å². The second-order valence-corrected chi connectivity index (χ2v) is 6.92. The van der Waals surface area contributed by atoms with Crippen molar-refractivity contribution in [3.63, 3.8) is 0 Å². The molecule has 25 heavy (non-hydrogen) atoms. The van der Waals surface area contributed by atoms with Crippen molar-refractivity contribution < 1.29 is 9.32 Å². The summed E-state index contributed by atoms with van der Waals surface area (Å²) in [5, 5.41) is 5.79. The molecule has 0 saturated carbocycles. The summed E-state index contributed by atoms with van der Waals surface area (Å²) >= 11 is 1.44. The number of hydrogen-bond acceptors (Lipinski definition) is 6. The Morgan fingerprint density at radius 3 is 2.84 bits per heavy atom. The van der Waals surface area contributed by atoms with Gasteiger partial charge in [0, 0.05) is 29.2 Å². The van der Waals surface area contributed by atoms with Gasteiger partial charge in [0.2, 0.25) is 0 Å². The lowest BCUT2D eigenvalue weighted by Crippen LogP contribution is -2.31. The van der Waals surface area contributed by atoms with Crippen LogP contribution in [-0.2, 0) is 0 Å². The van der Waals surface area contributed by atoms with Gasteiger partial charge in [-0.3, -0.25) is 9.78 Å². The number of likely N-dealkylation sites (tertiary alicyclic amines) is 1. The summed E-state index contributed by atoms with van der Waals surface area (Å²) in [5.74, 6) is 0.772. The molecule has 1 fully saturated rings. The van der Waals surface area contributed by atoms with E-state index in [1.165, 1.54) is 11.3 Å². The highest BCUT2D eigenvalue weighted by molar-refractivity contribution is 7.07. The van der Waals surface area contributed by atoms with E-state index < -0.39 is 0 Å². The molecule has 6 nitrogen and oxygen atoms in total. The van der Waals surface area contributed by atoms with Crippen molar-refractivity contribution in [2.24, 2.45) is 0 Å². The molecule has 4 rings (SSSR count). The fraction of sp³-hybridized carbons (Fsp3) is 0.333. The summed E-state index contributed by atoms with van der Waals surface area (Å²) in [6.07, 6.45) is 3.74. The van der Waals surface area contributed by atoms with Crippen LogP contribution in [0.4, 0.5) is 0 Å². The Morgan fingerprint density at radius 1 is 1.32 bits per heavy atom. The first-order valence-corrected chi connectivity index (χ1v) is 9.18. The number of rotatable bonds is 3. The van der Waals surface area contributed by atoms with Crippen LogP contribution in [-0.4, -0.2) is 32.5 Å². The zero-order valence-corrected chi connectivity index (χ0v) is 14.9. The fourth-order valence-corrected chi connectivity index (χ4v) is 3.95. The molecule has 3 aromatic heterocycles. The molecule has 7 heteroatoms. The van der Waals surface area contributed by atoms with E-state index in [9.17, 15) is 4.79 Å². The molecule has 0 radical (unpaired) electrons. The molecule has 1 aliphatic heterocycles. The minimum atomic E-state index is -0.0136. The second-order valence-electron chi connectivity index (χ2n) is 6.20. The van der Waals surface area contributed by atoms with E-state index >= 15 is 0 Å². The molecule has 0 bridgehead atoms. The van der Waals surface area contributed by atoms with Gasteiger partial charge in [-0.2, -0.15) is 0 Å². The standard InChI is InChI=1S/C18H18N4O2S/c1-11-17(12(2)24-21-11)13-5-6-14(19-8-13)16-4-3-7-22(16)18(23)15-9-25-10-20-15/h5-6,8-10,16H,3-4,7H2,1-2H3/t16-/m0/s1. The van der Waals surface area contributed by atoms with E-state index in [1.54, 1.807) is 10.9 Å². The van der Waals surface area contributed by atoms with Gasteiger partial charge in [-0.05, 0) is 32.8 Å². The van der Waals surface area contributed by atoms with Crippen molar-refractivity contribution >= 4 is 17.2 Å². The molecule has 3 aromatic rings. The summed E-state index contributed by atoms with van der Waals surface area (Å²) in [4.78, 5) is 23.3. The zero-order chi connectivity index (χ0) is 17.4. The average Bonchev–Trinajstić information content (AvgIpc) is 3.36. The number of aromatic nitrogens is 3. The molecule has 1 amide bonds. The van der Waals surface area contributed by atoms with Crippen LogP contribution in [0.25, 0.3) is 11.1 Å². The summed E-state index contributed by atoms with van der Waals surface area (Å²) < 4.78 is 5.23. The average molecular weight is 354 g/mol. The molecule has 1 saturated heterocycles. The topological polar surface area (TPSA) is 72.1 Å². The molecule has 1 aliphatic rings. The number of aryl methyl sites for hydroxylation is 2. The predicted octanol–water partition coefficient (Wildman–Crippen LogP) is 3.79. The van der Waals surface area contributed by atoms with Crippen LogP contribution in [0.5, 0.6) is 0 Å². The summed E-state index contributed by atoms with van der Waals surface area (Å²) in [7, 11) is 0. The monoisotopic (exact) mass is 354 g/mol. The molecular formula is C18H18N4O2S. The largest absolute Gasteiger partial charge is 0.361 e. The van der Waals surface area contributed by atoms with Crippen molar-refractivity contribution in [2.45, 2.75) is 32.7 Å². The van der Waals surface area contributed by atoms with Gasteiger partial charge in [0.15, 0.2) is 0 Å². The van der Waals surface area contributed by atoms with Crippen LogP contribution in [0.3, 0.4) is 0 Å². The SMILES string of the molecule is Cc1noc(C)c1-c1ccc([C@@H]2CCCN2C(=O)c2cscn2)nc1. The van der Waals surface area contributed by atoms with Gasteiger partial charge in [0.05, 0.1) is 22.9 Å². The van der Waals surface area contributed by atoms with E-state index in [1.807, 2.05) is 37.1 Å². The number of pyridine rings is 1. The number of amides is 1. The minimum absolute atomic E-state index is 0.00733. The Bertz CT molecular complexity index is 867. The van der Waals surface area contributed by atoms with Crippen molar-refractivity contribution in [3.8, 4) is 11.1 Å². The van der Waals surface area contributed by atoms with Crippen LogP contribution < -0.4 is 0 Å². The molecule has 0 unspecified atom stereocenters. The molecule has 0 aromatic carbocycles. The Morgan fingerprint density at radius 2 is 2.20 bits per heavy atom. The summed E-state index contributed by atoms with van der Waals surface area (Å²) in [6.45, 7) is 4.56. The van der Waals surface area contributed by atoms with Crippen LogP contribution in [0, 0.1) is 13.8 Å². The maximum absolute atomic E-state index is 12.7. The number of carbonyl (C=O) groups excluding carboxylic acids is 1. The maximum atomic E-state index is 12.7. The van der Waals surface area contributed by atoms with Gasteiger partial charge in [0.25, 0.3) is 5.91 Å². The molecule has 128 valence electrons. The lowest BCUT2D eigenvalue weighted by Gasteiger charge is -2.23. The predicted molar refractivity (Wildman–Crippen MR) is 94.3 cm³/mol. The molecule has 4 heterocycles. The van der Waals surface area contributed by atoms with Gasteiger partial charge in [-0.1, -0.05) is 11.2 Å². The highest BCUT2D eigenvalue weighted by atomic mass is 32.1.